The topological polar surface area (TPSA) is 66.6 Å². The Kier molecular flexibility index (Phi) is 3.97. The van der Waals surface area contributed by atoms with Crippen LogP contribution in [0.2, 0.25) is 0 Å². The molecule has 1 heterocycles. The van der Waals surface area contributed by atoms with Crippen LogP contribution in [-0.2, 0) is 4.79 Å². The largest absolute Gasteiger partial charge is 0.480 e. The summed E-state index contributed by atoms with van der Waals surface area (Å²) >= 11 is 0. The molecule has 0 aromatic rings. The van der Waals surface area contributed by atoms with Crippen LogP contribution in [-0.4, -0.2) is 41.1 Å². The maximum atomic E-state index is 11.0. The smallest absolute Gasteiger partial charge is 0.324 e. The van der Waals surface area contributed by atoms with Gasteiger partial charge >= 0.3 is 5.97 Å². The number of hydrogen-bond acceptors (Lipinski definition) is 3. The average molecular weight is 228 g/mol. The van der Waals surface area contributed by atoms with E-state index >= 15 is 0 Å². The summed E-state index contributed by atoms with van der Waals surface area (Å²) in [6.45, 7) is 8.43. The van der Waals surface area contributed by atoms with Gasteiger partial charge in [0.15, 0.2) is 0 Å². The van der Waals surface area contributed by atoms with Crippen molar-refractivity contribution in [3.05, 3.63) is 0 Å². The number of nitrogens with zero attached hydrogens (tertiary/aromatic N) is 1. The van der Waals surface area contributed by atoms with Crippen LogP contribution in [0, 0.1) is 5.41 Å². The molecule has 0 aliphatic carbocycles. The molecule has 94 valence electrons. The molecule has 0 amide bonds. The number of aliphatic carboxylic acids is 1. The Morgan fingerprint density at radius 3 is 2.44 bits per heavy atom. The average Bonchev–Trinajstić information content (AvgIpc) is 2.61. The lowest BCUT2D eigenvalue weighted by Crippen LogP contribution is -2.53. The van der Waals surface area contributed by atoms with E-state index < -0.39 is 11.5 Å². The number of carboxylic acid groups (broad SMARTS) is 1. The molecular weight excluding hydrogens is 204 g/mol. The number of likely N-dealkylation sites (tertiary alicyclic amines) is 1. The maximum Gasteiger partial charge on any atom is 0.324 e. The minimum Gasteiger partial charge on any atom is -0.480 e. The SMILES string of the molecule is CCC1(CC)CCN(CC(C)(N)C(=O)O)C1. The number of carboxylic acids is 1. The van der Waals surface area contributed by atoms with E-state index in [4.69, 9.17) is 10.8 Å². The van der Waals surface area contributed by atoms with Crippen molar-refractivity contribution >= 4 is 5.97 Å². The number of rotatable bonds is 5. The van der Waals surface area contributed by atoms with Crippen LogP contribution < -0.4 is 5.73 Å². The Bertz CT molecular complexity index is 260. The van der Waals surface area contributed by atoms with Gasteiger partial charge in [-0.1, -0.05) is 13.8 Å². The van der Waals surface area contributed by atoms with Crippen LogP contribution in [0.5, 0.6) is 0 Å². The van der Waals surface area contributed by atoms with E-state index in [-0.39, 0.29) is 0 Å². The van der Waals surface area contributed by atoms with Crippen molar-refractivity contribution < 1.29 is 9.90 Å². The molecule has 0 saturated carbocycles. The van der Waals surface area contributed by atoms with Crippen molar-refractivity contribution in [2.24, 2.45) is 11.1 Å². The van der Waals surface area contributed by atoms with Crippen molar-refractivity contribution in [1.82, 2.24) is 4.90 Å². The summed E-state index contributed by atoms with van der Waals surface area (Å²) in [6, 6.07) is 0. The van der Waals surface area contributed by atoms with Gasteiger partial charge in [-0.3, -0.25) is 4.79 Å². The Balaban J connectivity index is 2.57. The Hall–Kier alpha value is -0.610. The maximum absolute atomic E-state index is 11.0. The molecule has 0 aromatic carbocycles. The summed E-state index contributed by atoms with van der Waals surface area (Å²) in [5.41, 5.74) is 5.03. The third kappa shape index (κ3) is 2.74. The molecule has 1 saturated heterocycles. The van der Waals surface area contributed by atoms with Crippen LogP contribution in [0.1, 0.15) is 40.0 Å². The van der Waals surface area contributed by atoms with Crippen molar-refractivity contribution in [3.63, 3.8) is 0 Å². The molecule has 4 nitrogen and oxygen atoms in total. The fourth-order valence-corrected chi connectivity index (χ4v) is 2.52. The first-order valence-electron chi connectivity index (χ1n) is 6.10. The Morgan fingerprint density at radius 1 is 1.50 bits per heavy atom. The number of carbonyl (C=O) groups is 1. The van der Waals surface area contributed by atoms with Gasteiger partial charge < -0.3 is 15.7 Å². The molecule has 1 aliphatic heterocycles. The van der Waals surface area contributed by atoms with E-state index in [2.05, 4.69) is 18.7 Å². The van der Waals surface area contributed by atoms with Gasteiger partial charge in [-0.05, 0) is 38.1 Å². The van der Waals surface area contributed by atoms with E-state index in [1.807, 2.05) is 0 Å². The third-order valence-corrected chi connectivity index (χ3v) is 4.06. The summed E-state index contributed by atoms with van der Waals surface area (Å²) < 4.78 is 0. The predicted molar refractivity (Wildman–Crippen MR) is 64.3 cm³/mol. The summed E-state index contributed by atoms with van der Waals surface area (Å²) in [5, 5.41) is 8.99. The van der Waals surface area contributed by atoms with Crippen LogP contribution >= 0.6 is 0 Å². The van der Waals surface area contributed by atoms with Crippen molar-refractivity contribution in [2.75, 3.05) is 19.6 Å². The lowest BCUT2D eigenvalue weighted by atomic mass is 9.82. The zero-order chi connectivity index (χ0) is 12.4. The lowest BCUT2D eigenvalue weighted by molar-refractivity contribution is -0.143. The third-order valence-electron chi connectivity index (χ3n) is 4.06. The Morgan fingerprint density at radius 2 is 2.06 bits per heavy atom. The highest BCUT2D eigenvalue weighted by atomic mass is 16.4. The van der Waals surface area contributed by atoms with Crippen LogP contribution in [0.15, 0.2) is 0 Å². The molecule has 16 heavy (non-hydrogen) atoms. The predicted octanol–water partition coefficient (Wildman–Crippen LogP) is 1.30. The highest BCUT2D eigenvalue weighted by molar-refractivity contribution is 5.78. The Labute approximate surface area is 97.8 Å². The number of nitrogens with two attached hydrogens (primary N) is 1. The van der Waals surface area contributed by atoms with E-state index in [1.54, 1.807) is 6.92 Å². The van der Waals surface area contributed by atoms with Gasteiger partial charge in [-0.25, -0.2) is 0 Å². The standard InChI is InChI=1S/C12H24N2O2/c1-4-12(5-2)6-7-14(9-12)8-11(3,13)10(15)16/h4-9,13H2,1-3H3,(H,15,16). The molecule has 0 bridgehead atoms. The molecule has 1 rings (SSSR count). The molecular formula is C12H24N2O2. The zero-order valence-electron chi connectivity index (χ0n) is 10.6. The van der Waals surface area contributed by atoms with Crippen molar-refractivity contribution in [3.8, 4) is 0 Å². The summed E-state index contributed by atoms with van der Waals surface area (Å²) in [7, 11) is 0. The molecule has 1 aliphatic rings. The second kappa shape index (κ2) is 4.72. The van der Waals surface area contributed by atoms with E-state index in [9.17, 15) is 4.79 Å². The second-order valence-electron chi connectivity index (χ2n) is 5.39. The first kappa shape index (κ1) is 13.5. The molecule has 1 atom stereocenters. The molecule has 1 unspecified atom stereocenters. The summed E-state index contributed by atoms with van der Waals surface area (Å²) in [6.07, 6.45) is 3.48. The number of hydrogen-bond donors (Lipinski definition) is 2. The molecule has 0 radical (unpaired) electrons. The monoisotopic (exact) mass is 228 g/mol. The van der Waals surface area contributed by atoms with Crippen molar-refractivity contribution in [2.45, 2.75) is 45.6 Å². The van der Waals surface area contributed by atoms with Gasteiger partial charge in [0.25, 0.3) is 0 Å². The lowest BCUT2D eigenvalue weighted by Gasteiger charge is -2.29. The first-order chi connectivity index (χ1) is 7.35. The highest BCUT2D eigenvalue weighted by Gasteiger charge is 2.39. The quantitative estimate of drug-likeness (QED) is 0.744. The van der Waals surface area contributed by atoms with Gasteiger partial charge in [-0.15, -0.1) is 0 Å². The highest BCUT2D eigenvalue weighted by Crippen LogP contribution is 2.37. The summed E-state index contributed by atoms with van der Waals surface area (Å²) in [4.78, 5) is 13.2. The molecule has 3 N–H and O–H groups in total. The van der Waals surface area contributed by atoms with Gasteiger partial charge in [0.2, 0.25) is 0 Å². The molecule has 1 fully saturated rings. The van der Waals surface area contributed by atoms with Crippen LogP contribution in [0.4, 0.5) is 0 Å². The molecule has 0 aromatic heterocycles. The van der Waals surface area contributed by atoms with Crippen LogP contribution in [0.25, 0.3) is 0 Å². The van der Waals surface area contributed by atoms with Gasteiger partial charge in [0.05, 0.1) is 0 Å². The van der Waals surface area contributed by atoms with Gasteiger partial charge in [-0.2, -0.15) is 0 Å². The normalized spacial score (nSPS) is 24.2. The zero-order valence-corrected chi connectivity index (χ0v) is 10.6. The van der Waals surface area contributed by atoms with Gasteiger partial charge in [0.1, 0.15) is 5.54 Å². The van der Waals surface area contributed by atoms with Crippen molar-refractivity contribution in [1.29, 1.82) is 0 Å². The fourth-order valence-electron chi connectivity index (χ4n) is 2.52. The van der Waals surface area contributed by atoms with E-state index in [1.165, 1.54) is 0 Å². The fraction of sp³-hybridized carbons (Fsp3) is 0.917. The minimum absolute atomic E-state index is 0.384. The first-order valence-corrected chi connectivity index (χ1v) is 6.10. The van der Waals surface area contributed by atoms with Gasteiger partial charge in [0, 0.05) is 13.1 Å². The second-order valence-corrected chi connectivity index (χ2v) is 5.39. The molecule has 4 heteroatoms. The van der Waals surface area contributed by atoms with E-state index in [0.29, 0.717) is 12.0 Å². The van der Waals surface area contributed by atoms with E-state index in [0.717, 1.165) is 32.4 Å². The minimum atomic E-state index is -1.13. The molecule has 0 spiro atoms. The summed E-state index contributed by atoms with van der Waals surface area (Å²) in [5.74, 6) is -0.919. The van der Waals surface area contributed by atoms with Crippen LogP contribution in [0.3, 0.4) is 0 Å².